The summed E-state index contributed by atoms with van der Waals surface area (Å²) in [5, 5.41) is 13.9. The molecule has 0 spiro atoms. The number of hydrogen-bond donors (Lipinski definition) is 2. The largest absolute Gasteiger partial charge is 0.454 e. The molecule has 1 aliphatic heterocycles. The van der Waals surface area contributed by atoms with Crippen molar-refractivity contribution in [2.24, 2.45) is 0 Å². The Hall–Kier alpha value is -3.53. The molecule has 0 aliphatic carbocycles. The number of para-hydroxylation sites is 1. The van der Waals surface area contributed by atoms with E-state index in [4.69, 9.17) is 9.47 Å². The fraction of sp³-hybridized carbons (Fsp3) is 0.200. The van der Waals surface area contributed by atoms with Gasteiger partial charge in [-0.05, 0) is 37.3 Å². The molecule has 0 saturated carbocycles. The number of imide groups is 1. The van der Waals surface area contributed by atoms with Gasteiger partial charge in [0, 0.05) is 17.8 Å². The summed E-state index contributed by atoms with van der Waals surface area (Å²) in [7, 11) is 0. The molecule has 1 aliphatic rings. The van der Waals surface area contributed by atoms with Crippen LogP contribution in [-0.2, 0) is 4.79 Å². The van der Waals surface area contributed by atoms with E-state index in [0.717, 1.165) is 11.3 Å². The molecule has 0 radical (unpaired) electrons. The van der Waals surface area contributed by atoms with Crippen molar-refractivity contribution in [3.05, 3.63) is 48.5 Å². The van der Waals surface area contributed by atoms with E-state index in [-0.39, 0.29) is 12.5 Å². The van der Waals surface area contributed by atoms with E-state index in [1.54, 1.807) is 6.92 Å². The topological polar surface area (TPSA) is 107 Å². The number of nitrogens with one attached hydrogen (secondary N) is 2. The SMILES string of the molecule is CCNC(=O)NC(=O)CSc1nnc(-c2ccc3c(c2)OCO3)n1-c1ccccc1. The summed E-state index contributed by atoms with van der Waals surface area (Å²) in [6.45, 7) is 2.40. The van der Waals surface area contributed by atoms with Crippen molar-refractivity contribution in [1.29, 1.82) is 0 Å². The van der Waals surface area contributed by atoms with Crippen molar-refractivity contribution in [2.45, 2.75) is 12.1 Å². The molecule has 10 heteroatoms. The van der Waals surface area contributed by atoms with E-state index >= 15 is 0 Å². The first kappa shape index (κ1) is 19.8. The Balaban J connectivity index is 1.62. The fourth-order valence-corrected chi connectivity index (χ4v) is 3.65. The standard InChI is InChI=1S/C20H19N5O4S/c1-2-21-19(27)22-17(26)11-30-20-24-23-18(25(20)14-6-4-3-5-7-14)13-8-9-15-16(10-13)29-12-28-15/h3-10H,2,11-12H2,1H3,(H2,21,22,26,27). The minimum absolute atomic E-state index is 0.0171. The number of hydrogen-bond acceptors (Lipinski definition) is 7. The van der Waals surface area contributed by atoms with Crippen LogP contribution in [0.5, 0.6) is 11.5 Å². The Morgan fingerprint density at radius 1 is 1.10 bits per heavy atom. The van der Waals surface area contributed by atoms with Gasteiger partial charge in [-0.15, -0.1) is 10.2 Å². The van der Waals surface area contributed by atoms with Gasteiger partial charge in [-0.1, -0.05) is 30.0 Å². The zero-order valence-electron chi connectivity index (χ0n) is 16.1. The third kappa shape index (κ3) is 4.23. The van der Waals surface area contributed by atoms with Crippen molar-refractivity contribution in [1.82, 2.24) is 25.4 Å². The highest BCUT2D eigenvalue weighted by Crippen LogP contribution is 2.36. The molecule has 2 N–H and O–H groups in total. The van der Waals surface area contributed by atoms with E-state index in [1.165, 1.54) is 11.8 Å². The third-order valence-electron chi connectivity index (χ3n) is 4.20. The highest BCUT2D eigenvalue weighted by Gasteiger charge is 2.20. The predicted octanol–water partition coefficient (Wildman–Crippen LogP) is 2.60. The van der Waals surface area contributed by atoms with Gasteiger partial charge in [-0.3, -0.25) is 14.7 Å². The van der Waals surface area contributed by atoms with Crippen LogP contribution in [0.1, 0.15) is 6.92 Å². The van der Waals surface area contributed by atoms with Gasteiger partial charge in [0.2, 0.25) is 12.7 Å². The van der Waals surface area contributed by atoms with E-state index in [0.29, 0.717) is 29.0 Å². The minimum Gasteiger partial charge on any atom is -0.454 e. The molecule has 0 atom stereocenters. The van der Waals surface area contributed by atoms with Gasteiger partial charge in [0.1, 0.15) is 0 Å². The Morgan fingerprint density at radius 2 is 1.90 bits per heavy atom. The molecule has 2 aromatic carbocycles. The smallest absolute Gasteiger partial charge is 0.321 e. The average molecular weight is 425 g/mol. The second kappa shape index (κ2) is 8.87. The molecule has 0 unspecified atom stereocenters. The minimum atomic E-state index is -0.520. The van der Waals surface area contributed by atoms with E-state index in [9.17, 15) is 9.59 Å². The molecular formula is C20H19N5O4S. The van der Waals surface area contributed by atoms with Crippen molar-refractivity contribution in [2.75, 3.05) is 19.1 Å². The van der Waals surface area contributed by atoms with Gasteiger partial charge in [0.15, 0.2) is 22.5 Å². The number of amides is 3. The number of benzene rings is 2. The van der Waals surface area contributed by atoms with Crippen molar-refractivity contribution in [3.8, 4) is 28.6 Å². The molecule has 3 amide bonds. The number of carbonyl (C=O) groups is 2. The Kier molecular flexibility index (Phi) is 5.84. The maximum atomic E-state index is 12.1. The number of thioether (sulfide) groups is 1. The molecule has 3 aromatic rings. The van der Waals surface area contributed by atoms with Gasteiger partial charge in [0.25, 0.3) is 0 Å². The maximum Gasteiger partial charge on any atom is 0.321 e. The van der Waals surface area contributed by atoms with Crippen LogP contribution in [0.3, 0.4) is 0 Å². The number of rotatable bonds is 6. The quantitative estimate of drug-likeness (QED) is 0.585. The van der Waals surface area contributed by atoms with Gasteiger partial charge in [0.05, 0.1) is 5.75 Å². The molecule has 0 saturated heterocycles. The zero-order valence-corrected chi connectivity index (χ0v) is 16.9. The predicted molar refractivity (Wildman–Crippen MR) is 111 cm³/mol. The molecular weight excluding hydrogens is 406 g/mol. The summed E-state index contributed by atoms with van der Waals surface area (Å²) in [4.78, 5) is 23.6. The average Bonchev–Trinajstić information content (AvgIpc) is 3.39. The molecule has 0 fully saturated rings. The summed E-state index contributed by atoms with van der Waals surface area (Å²) in [6, 6.07) is 14.6. The second-order valence-corrected chi connectivity index (χ2v) is 7.18. The Labute approximate surface area is 176 Å². The lowest BCUT2D eigenvalue weighted by Gasteiger charge is -2.10. The zero-order chi connectivity index (χ0) is 20.9. The molecule has 30 heavy (non-hydrogen) atoms. The first-order valence-corrected chi connectivity index (χ1v) is 10.3. The number of aromatic nitrogens is 3. The van der Waals surface area contributed by atoms with Crippen LogP contribution < -0.4 is 20.1 Å². The molecule has 9 nitrogen and oxygen atoms in total. The lowest BCUT2D eigenvalue weighted by molar-refractivity contribution is -0.117. The Morgan fingerprint density at radius 3 is 2.70 bits per heavy atom. The highest BCUT2D eigenvalue weighted by atomic mass is 32.2. The summed E-state index contributed by atoms with van der Waals surface area (Å²) in [5.74, 6) is 1.53. The van der Waals surface area contributed by atoms with Gasteiger partial charge < -0.3 is 14.8 Å². The molecule has 4 rings (SSSR count). The lowest BCUT2D eigenvalue weighted by Crippen LogP contribution is -2.40. The van der Waals surface area contributed by atoms with Crippen LogP contribution in [0.15, 0.2) is 53.7 Å². The summed E-state index contributed by atoms with van der Waals surface area (Å²) in [6.07, 6.45) is 0. The van der Waals surface area contributed by atoms with Crippen LogP contribution in [-0.4, -0.2) is 45.8 Å². The first-order valence-electron chi connectivity index (χ1n) is 9.27. The summed E-state index contributed by atoms with van der Waals surface area (Å²) < 4.78 is 12.7. The normalized spacial score (nSPS) is 11.9. The van der Waals surface area contributed by atoms with Crippen LogP contribution in [0, 0.1) is 0 Å². The monoisotopic (exact) mass is 425 g/mol. The molecule has 2 heterocycles. The van der Waals surface area contributed by atoms with Crippen molar-refractivity contribution >= 4 is 23.7 Å². The first-order chi connectivity index (χ1) is 14.7. The van der Waals surface area contributed by atoms with Crippen molar-refractivity contribution < 1.29 is 19.1 Å². The van der Waals surface area contributed by atoms with Crippen molar-refractivity contribution in [3.63, 3.8) is 0 Å². The fourth-order valence-electron chi connectivity index (χ4n) is 2.89. The number of fused-ring (bicyclic) bond motifs is 1. The molecule has 154 valence electrons. The van der Waals surface area contributed by atoms with E-state index in [1.807, 2.05) is 53.1 Å². The number of urea groups is 1. The second-order valence-electron chi connectivity index (χ2n) is 6.24. The van der Waals surface area contributed by atoms with Gasteiger partial charge in [-0.25, -0.2) is 4.79 Å². The number of nitrogens with zero attached hydrogens (tertiary/aromatic N) is 3. The number of carbonyl (C=O) groups excluding carboxylic acids is 2. The van der Waals surface area contributed by atoms with Gasteiger partial charge in [-0.2, -0.15) is 0 Å². The van der Waals surface area contributed by atoms with Crippen LogP contribution in [0.25, 0.3) is 17.1 Å². The third-order valence-corrected chi connectivity index (χ3v) is 5.13. The Bertz CT molecular complexity index is 1070. The summed E-state index contributed by atoms with van der Waals surface area (Å²) >= 11 is 1.19. The lowest BCUT2D eigenvalue weighted by atomic mass is 10.2. The number of ether oxygens (including phenoxy) is 2. The van der Waals surface area contributed by atoms with E-state index in [2.05, 4.69) is 20.8 Å². The van der Waals surface area contributed by atoms with Crippen LogP contribution in [0.4, 0.5) is 4.79 Å². The van der Waals surface area contributed by atoms with Crippen LogP contribution in [0.2, 0.25) is 0 Å². The van der Waals surface area contributed by atoms with Gasteiger partial charge >= 0.3 is 6.03 Å². The van der Waals surface area contributed by atoms with E-state index < -0.39 is 11.9 Å². The summed E-state index contributed by atoms with van der Waals surface area (Å²) in [5.41, 5.74) is 1.65. The highest BCUT2D eigenvalue weighted by molar-refractivity contribution is 7.99. The molecule has 1 aromatic heterocycles. The van der Waals surface area contributed by atoms with Crippen LogP contribution >= 0.6 is 11.8 Å². The maximum absolute atomic E-state index is 12.1. The molecule has 0 bridgehead atoms.